The van der Waals surface area contributed by atoms with Crippen molar-refractivity contribution in [1.82, 2.24) is 9.55 Å². The number of nitrogens with zero attached hydrogens (tertiary/aromatic N) is 3. The van der Waals surface area contributed by atoms with E-state index in [-0.39, 0.29) is 0 Å². The number of nitriles is 1. The first-order chi connectivity index (χ1) is 5.77. The third kappa shape index (κ3) is 2.02. The molecule has 1 heterocycles. The summed E-state index contributed by atoms with van der Waals surface area (Å²) >= 11 is 4.14. The van der Waals surface area contributed by atoms with E-state index in [4.69, 9.17) is 5.26 Å². The minimum atomic E-state index is 0.524. The largest absolute Gasteiger partial charge is 0.333 e. The molecule has 0 aliphatic rings. The van der Waals surface area contributed by atoms with Crippen LogP contribution >= 0.6 is 12.6 Å². The van der Waals surface area contributed by atoms with Crippen molar-refractivity contribution in [3.63, 3.8) is 0 Å². The van der Waals surface area contributed by atoms with E-state index >= 15 is 0 Å². The van der Waals surface area contributed by atoms with Gasteiger partial charge in [-0.25, -0.2) is 4.98 Å². The lowest BCUT2D eigenvalue weighted by Crippen LogP contribution is -2.00. The first kappa shape index (κ1) is 9.14. The normalized spacial score (nSPS) is 9.75. The molecule has 0 saturated heterocycles. The molecular weight excluding hydrogens is 170 g/mol. The highest BCUT2D eigenvalue weighted by Gasteiger charge is 2.02. The van der Waals surface area contributed by atoms with Gasteiger partial charge < -0.3 is 4.57 Å². The Morgan fingerprint density at radius 1 is 1.75 bits per heavy atom. The Bertz CT molecular complexity index is 298. The van der Waals surface area contributed by atoms with Crippen LogP contribution in [0.15, 0.2) is 11.2 Å². The molecule has 4 heteroatoms. The summed E-state index contributed by atoms with van der Waals surface area (Å²) in [4.78, 5) is 4.20. The monoisotopic (exact) mass is 181 g/mol. The zero-order chi connectivity index (χ0) is 8.97. The van der Waals surface area contributed by atoms with E-state index in [9.17, 15) is 0 Å². The summed E-state index contributed by atoms with van der Waals surface area (Å²) in [5.74, 6) is 0.996. The van der Waals surface area contributed by atoms with Crippen molar-refractivity contribution in [3.8, 4) is 6.07 Å². The smallest absolute Gasteiger partial charge is 0.111 e. The third-order valence-electron chi connectivity index (χ3n) is 1.63. The van der Waals surface area contributed by atoms with Crippen LogP contribution in [0.1, 0.15) is 19.2 Å². The third-order valence-corrected chi connectivity index (χ3v) is 1.84. The number of hydrogen-bond acceptors (Lipinski definition) is 3. The Kier molecular flexibility index (Phi) is 3.18. The fourth-order valence-corrected chi connectivity index (χ4v) is 1.34. The molecule has 0 unspecified atom stereocenters. The first-order valence-electron chi connectivity index (χ1n) is 3.90. The van der Waals surface area contributed by atoms with Gasteiger partial charge in [-0.05, 0) is 0 Å². The molecule has 0 atom stereocenters. The number of aromatic nitrogens is 2. The highest BCUT2D eigenvalue weighted by atomic mass is 32.1. The summed E-state index contributed by atoms with van der Waals surface area (Å²) in [6.45, 7) is 2.76. The molecular formula is C8H11N3S. The molecule has 0 saturated carbocycles. The lowest BCUT2D eigenvalue weighted by atomic mass is 10.4. The Balaban J connectivity index is 2.76. The highest BCUT2D eigenvalue weighted by Crippen LogP contribution is 2.08. The number of hydrogen-bond donors (Lipinski definition) is 1. The van der Waals surface area contributed by atoms with Crippen molar-refractivity contribution < 1.29 is 0 Å². The van der Waals surface area contributed by atoms with Crippen molar-refractivity contribution in [3.05, 3.63) is 12.0 Å². The van der Waals surface area contributed by atoms with Crippen molar-refractivity contribution in [2.45, 2.75) is 31.3 Å². The molecule has 0 N–H and O–H groups in total. The van der Waals surface area contributed by atoms with Gasteiger partial charge in [-0.1, -0.05) is 6.92 Å². The summed E-state index contributed by atoms with van der Waals surface area (Å²) in [6, 6.07) is 2.10. The van der Waals surface area contributed by atoms with E-state index in [2.05, 4.69) is 23.7 Å². The van der Waals surface area contributed by atoms with Crippen LogP contribution in [-0.4, -0.2) is 9.55 Å². The lowest BCUT2D eigenvalue weighted by molar-refractivity contribution is 0.670. The summed E-state index contributed by atoms with van der Waals surface area (Å²) in [7, 11) is 0. The zero-order valence-corrected chi connectivity index (χ0v) is 7.88. The van der Waals surface area contributed by atoms with Crippen LogP contribution in [0.3, 0.4) is 0 Å². The summed E-state index contributed by atoms with van der Waals surface area (Å²) < 4.78 is 1.98. The van der Waals surface area contributed by atoms with Crippen LogP contribution in [0.2, 0.25) is 0 Å². The molecule has 1 rings (SSSR count). The average Bonchev–Trinajstić information content (AvgIpc) is 2.42. The fraction of sp³-hybridized carbons (Fsp3) is 0.500. The topological polar surface area (TPSA) is 41.6 Å². The molecule has 0 aliphatic heterocycles. The first-order valence-corrected chi connectivity index (χ1v) is 4.34. The molecule has 0 amide bonds. The second kappa shape index (κ2) is 4.17. The number of imidazole rings is 1. The van der Waals surface area contributed by atoms with Gasteiger partial charge in [-0.3, -0.25) is 0 Å². The molecule has 0 fully saturated rings. The maximum absolute atomic E-state index is 8.40. The molecule has 0 radical (unpaired) electrons. The van der Waals surface area contributed by atoms with E-state index in [1.165, 1.54) is 0 Å². The standard InChI is InChI=1S/C8H11N3S/c1-2-7-10-8(12)6-11(7)5-3-4-9/h6,12H,2-3,5H2,1H3. The molecule has 1 aromatic heterocycles. The SMILES string of the molecule is CCc1nc(S)cn1CCC#N. The summed E-state index contributed by atoms with van der Waals surface area (Å²) in [6.07, 6.45) is 3.27. The van der Waals surface area contributed by atoms with Crippen LogP contribution in [0.4, 0.5) is 0 Å². The molecule has 0 bridgehead atoms. The average molecular weight is 181 g/mol. The van der Waals surface area contributed by atoms with E-state index in [0.29, 0.717) is 13.0 Å². The molecule has 12 heavy (non-hydrogen) atoms. The maximum atomic E-state index is 8.40. The predicted octanol–water partition coefficient (Wildman–Crippen LogP) is 1.65. The second-order valence-corrected chi connectivity index (χ2v) is 2.93. The molecule has 1 aromatic rings. The second-order valence-electron chi connectivity index (χ2n) is 2.47. The van der Waals surface area contributed by atoms with Gasteiger partial charge in [0, 0.05) is 19.2 Å². The maximum Gasteiger partial charge on any atom is 0.111 e. The van der Waals surface area contributed by atoms with Gasteiger partial charge >= 0.3 is 0 Å². The lowest BCUT2D eigenvalue weighted by Gasteiger charge is -2.00. The summed E-state index contributed by atoms with van der Waals surface area (Å²) in [5, 5.41) is 9.12. The van der Waals surface area contributed by atoms with Crippen LogP contribution < -0.4 is 0 Å². The van der Waals surface area contributed by atoms with Crippen molar-refractivity contribution >= 4 is 12.6 Å². The quantitative estimate of drug-likeness (QED) is 0.720. The van der Waals surface area contributed by atoms with E-state index in [1.54, 1.807) is 0 Å². The number of thiol groups is 1. The van der Waals surface area contributed by atoms with Gasteiger partial charge in [0.25, 0.3) is 0 Å². The highest BCUT2D eigenvalue weighted by molar-refractivity contribution is 7.80. The van der Waals surface area contributed by atoms with Crippen molar-refractivity contribution in [2.24, 2.45) is 0 Å². The van der Waals surface area contributed by atoms with Gasteiger partial charge in [0.05, 0.1) is 12.5 Å². The van der Waals surface area contributed by atoms with Crippen molar-refractivity contribution in [2.75, 3.05) is 0 Å². The van der Waals surface area contributed by atoms with Crippen molar-refractivity contribution in [1.29, 1.82) is 5.26 Å². The van der Waals surface area contributed by atoms with Gasteiger partial charge in [-0.2, -0.15) is 5.26 Å². The van der Waals surface area contributed by atoms with Crippen LogP contribution in [-0.2, 0) is 13.0 Å². The Hall–Kier alpha value is -0.950. The Morgan fingerprint density at radius 2 is 2.50 bits per heavy atom. The minimum absolute atomic E-state index is 0.524. The van der Waals surface area contributed by atoms with Crippen LogP contribution in [0.25, 0.3) is 0 Å². The minimum Gasteiger partial charge on any atom is -0.333 e. The molecule has 64 valence electrons. The van der Waals surface area contributed by atoms with E-state index < -0.39 is 0 Å². The molecule has 3 nitrogen and oxygen atoms in total. The Labute approximate surface area is 77.4 Å². The predicted molar refractivity (Wildman–Crippen MR) is 49.1 cm³/mol. The van der Waals surface area contributed by atoms with Crippen LogP contribution in [0.5, 0.6) is 0 Å². The number of rotatable bonds is 3. The van der Waals surface area contributed by atoms with E-state index in [0.717, 1.165) is 17.3 Å². The van der Waals surface area contributed by atoms with Gasteiger partial charge in [0.1, 0.15) is 10.9 Å². The van der Waals surface area contributed by atoms with Gasteiger partial charge in [0.15, 0.2) is 0 Å². The van der Waals surface area contributed by atoms with E-state index in [1.807, 2.05) is 17.7 Å². The fourth-order valence-electron chi connectivity index (χ4n) is 1.09. The molecule has 0 aliphatic carbocycles. The van der Waals surface area contributed by atoms with Crippen LogP contribution in [0, 0.1) is 11.3 Å². The summed E-state index contributed by atoms with van der Waals surface area (Å²) in [5.41, 5.74) is 0. The zero-order valence-electron chi connectivity index (χ0n) is 6.99. The van der Waals surface area contributed by atoms with Gasteiger partial charge in [0.2, 0.25) is 0 Å². The van der Waals surface area contributed by atoms with Gasteiger partial charge in [-0.15, -0.1) is 12.6 Å². The Morgan fingerprint density at radius 3 is 3.08 bits per heavy atom. The molecule has 0 spiro atoms. The molecule has 0 aromatic carbocycles. The number of aryl methyl sites for hydroxylation is 2.